The number of guanidine groups is 1. The van der Waals surface area contributed by atoms with Gasteiger partial charge >= 0.3 is 0 Å². The third-order valence-electron chi connectivity index (χ3n) is 6.13. The fourth-order valence-electron chi connectivity index (χ4n) is 4.48. The molecular formula is C24H33ClN4O3. The number of aliphatic hydroxyl groups is 1. The van der Waals surface area contributed by atoms with Gasteiger partial charge in [0.15, 0.2) is 17.5 Å². The number of halogens is 1. The van der Waals surface area contributed by atoms with Crippen LogP contribution in [0, 0.1) is 5.41 Å². The van der Waals surface area contributed by atoms with Gasteiger partial charge in [-0.3, -0.25) is 5.41 Å². The average molecular weight is 461 g/mol. The Morgan fingerprint density at radius 3 is 2.31 bits per heavy atom. The number of methoxy groups -OCH3 is 1. The molecule has 1 atom stereocenters. The number of nitrogens with one attached hydrogen (secondary N) is 1. The van der Waals surface area contributed by atoms with Crippen molar-refractivity contribution in [1.82, 2.24) is 9.80 Å². The van der Waals surface area contributed by atoms with Crippen LogP contribution in [0.5, 0.6) is 11.5 Å². The van der Waals surface area contributed by atoms with Gasteiger partial charge < -0.3 is 29.3 Å². The van der Waals surface area contributed by atoms with Crippen LogP contribution in [0.25, 0.3) is 0 Å². The summed E-state index contributed by atoms with van der Waals surface area (Å²) >= 11 is 0. The van der Waals surface area contributed by atoms with E-state index in [0.29, 0.717) is 30.0 Å². The maximum Gasteiger partial charge on any atom is 0.198 e. The van der Waals surface area contributed by atoms with Crippen molar-refractivity contribution in [3.05, 3.63) is 54.6 Å². The van der Waals surface area contributed by atoms with Gasteiger partial charge in [-0.2, -0.15) is 0 Å². The molecule has 7 nitrogen and oxygen atoms in total. The minimum Gasteiger partial charge on any atom is -0.493 e. The van der Waals surface area contributed by atoms with Crippen molar-refractivity contribution in [3.63, 3.8) is 0 Å². The number of ether oxygens (including phenoxy) is 2. The molecule has 0 saturated carbocycles. The Balaban J connectivity index is 0.00000289. The summed E-state index contributed by atoms with van der Waals surface area (Å²) in [7, 11) is 1.61. The molecule has 0 bridgehead atoms. The van der Waals surface area contributed by atoms with Gasteiger partial charge in [0, 0.05) is 44.5 Å². The van der Waals surface area contributed by atoms with Gasteiger partial charge in [0.2, 0.25) is 0 Å². The molecule has 2 heterocycles. The quantitative estimate of drug-likeness (QED) is 0.630. The third-order valence-corrected chi connectivity index (χ3v) is 6.13. The predicted octanol–water partition coefficient (Wildman–Crippen LogP) is 3.08. The Labute approximate surface area is 196 Å². The second-order valence-electron chi connectivity index (χ2n) is 8.15. The van der Waals surface area contributed by atoms with Crippen molar-refractivity contribution >= 4 is 24.1 Å². The molecule has 0 spiro atoms. The fourth-order valence-corrected chi connectivity index (χ4v) is 4.48. The highest BCUT2D eigenvalue weighted by atomic mass is 35.5. The summed E-state index contributed by atoms with van der Waals surface area (Å²) in [6, 6.07) is 18.0. The van der Waals surface area contributed by atoms with E-state index in [0.717, 1.165) is 44.7 Å². The van der Waals surface area contributed by atoms with Crippen LogP contribution in [-0.2, 0) is 0 Å². The molecule has 0 radical (unpaired) electrons. The Hall–Kier alpha value is -2.48. The SMILES string of the molecule is COc1ccccc1OCC(O)CN1CCC(N2CCN(c3ccccc3)C2=N)CC1.Cl. The molecule has 32 heavy (non-hydrogen) atoms. The molecule has 4 rings (SSSR count). The van der Waals surface area contributed by atoms with Crippen LogP contribution in [0.3, 0.4) is 0 Å². The standard InChI is InChI=1S/C24H32N4O3.ClH/c1-30-22-9-5-6-10-23(22)31-18-21(29)17-26-13-11-20(12-14-26)28-16-15-27(24(28)25)19-7-3-2-4-8-19;/h2-10,20-21,25,29H,11-18H2,1H3;1H. The van der Waals surface area contributed by atoms with E-state index in [-0.39, 0.29) is 19.0 Å². The molecule has 0 aromatic heterocycles. The molecule has 2 aliphatic rings. The van der Waals surface area contributed by atoms with Crippen LogP contribution in [0.1, 0.15) is 12.8 Å². The molecular weight excluding hydrogens is 428 g/mol. The summed E-state index contributed by atoms with van der Waals surface area (Å²) in [5, 5.41) is 19.1. The average Bonchev–Trinajstić information content (AvgIpc) is 3.20. The van der Waals surface area contributed by atoms with Crippen molar-refractivity contribution in [2.45, 2.75) is 25.0 Å². The molecule has 2 N–H and O–H groups in total. The van der Waals surface area contributed by atoms with Gasteiger partial charge in [0.25, 0.3) is 0 Å². The highest BCUT2D eigenvalue weighted by Gasteiger charge is 2.33. The number of benzene rings is 2. The molecule has 0 aliphatic carbocycles. The maximum absolute atomic E-state index is 10.4. The summed E-state index contributed by atoms with van der Waals surface area (Å²) in [5.41, 5.74) is 1.09. The Morgan fingerprint density at radius 1 is 0.969 bits per heavy atom. The van der Waals surface area contributed by atoms with Gasteiger partial charge in [-0.25, -0.2) is 0 Å². The van der Waals surface area contributed by atoms with Crippen molar-refractivity contribution in [1.29, 1.82) is 5.41 Å². The number of hydrogen-bond donors (Lipinski definition) is 2. The third kappa shape index (κ3) is 5.65. The zero-order valence-corrected chi connectivity index (χ0v) is 19.3. The molecule has 2 saturated heterocycles. The topological polar surface area (TPSA) is 72.3 Å². The predicted molar refractivity (Wildman–Crippen MR) is 129 cm³/mol. The van der Waals surface area contributed by atoms with E-state index in [4.69, 9.17) is 14.9 Å². The number of piperidine rings is 1. The largest absolute Gasteiger partial charge is 0.493 e. The molecule has 2 fully saturated rings. The van der Waals surface area contributed by atoms with Crippen molar-refractivity contribution < 1.29 is 14.6 Å². The van der Waals surface area contributed by atoms with Crippen LogP contribution in [0.15, 0.2) is 54.6 Å². The van der Waals surface area contributed by atoms with E-state index in [1.807, 2.05) is 42.5 Å². The van der Waals surface area contributed by atoms with Gasteiger partial charge in [0.05, 0.1) is 7.11 Å². The van der Waals surface area contributed by atoms with Crippen LogP contribution >= 0.6 is 12.4 Å². The van der Waals surface area contributed by atoms with Crippen LogP contribution in [0.4, 0.5) is 5.69 Å². The molecule has 0 amide bonds. The number of anilines is 1. The summed E-state index contributed by atoms with van der Waals surface area (Å²) in [6.45, 7) is 4.44. The lowest BCUT2D eigenvalue weighted by Crippen LogP contribution is -2.48. The van der Waals surface area contributed by atoms with Gasteiger partial charge in [0.1, 0.15) is 12.7 Å². The monoisotopic (exact) mass is 460 g/mol. The lowest BCUT2D eigenvalue weighted by Gasteiger charge is -2.38. The number of aliphatic hydroxyl groups excluding tert-OH is 1. The first kappa shape index (κ1) is 24.2. The minimum atomic E-state index is -0.555. The first-order chi connectivity index (χ1) is 15.2. The van der Waals surface area contributed by atoms with Crippen LogP contribution < -0.4 is 14.4 Å². The van der Waals surface area contributed by atoms with E-state index in [9.17, 15) is 5.11 Å². The first-order valence-electron chi connectivity index (χ1n) is 11.0. The summed E-state index contributed by atoms with van der Waals surface area (Å²) in [5.74, 6) is 1.93. The zero-order valence-electron chi connectivity index (χ0n) is 18.5. The number of β-amino-alcohol motifs (C(OH)–C–C–N with tert-alkyl or cyclic N) is 1. The second-order valence-corrected chi connectivity index (χ2v) is 8.15. The number of hydrogen-bond acceptors (Lipinski definition) is 5. The van der Waals surface area contributed by atoms with Crippen molar-refractivity contribution in [2.75, 3.05) is 51.3 Å². The number of rotatable bonds is 8. The van der Waals surface area contributed by atoms with Gasteiger partial charge in [-0.1, -0.05) is 30.3 Å². The van der Waals surface area contributed by atoms with Crippen molar-refractivity contribution in [2.24, 2.45) is 0 Å². The summed E-state index contributed by atoms with van der Waals surface area (Å²) in [4.78, 5) is 6.62. The first-order valence-corrected chi connectivity index (χ1v) is 11.0. The summed E-state index contributed by atoms with van der Waals surface area (Å²) in [6.07, 6.45) is 1.45. The lowest BCUT2D eigenvalue weighted by molar-refractivity contribution is 0.0520. The summed E-state index contributed by atoms with van der Waals surface area (Å²) < 4.78 is 11.0. The minimum absolute atomic E-state index is 0. The molecule has 2 aromatic rings. The van der Waals surface area contributed by atoms with Gasteiger partial charge in [-0.15, -0.1) is 12.4 Å². The normalized spacial score (nSPS) is 18.4. The smallest absolute Gasteiger partial charge is 0.198 e. The molecule has 2 aliphatic heterocycles. The molecule has 2 aromatic carbocycles. The van der Waals surface area contributed by atoms with Crippen LogP contribution in [-0.4, -0.2) is 79.5 Å². The molecule has 174 valence electrons. The lowest BCUT2D eigenvalue weighted by atomic mass is 10.0. The van der Waals surface area contributed by atoms with Crippen LogP contribution in [0.2, 0.25) is 0 Å². The van der Waals surface area contributed by atoms with E-state index in [1.165, 1.54) is 0 Å². The van der Waals surface area contributed by atoms with E-state index in [2.05, 4.69) is 26.8 Å². The molecule has 8 heteroatoms. The highest BCUT2D eigenvalue weighted by molar-refractivity contribution is 5.96. The van der Waals surface area contributed by atoms with E-state index < -0.39 is 6.10 Å². The number of likely N-dealkylation sites (tertiary alicyclic amines) is 1. The van der Waals surface area contributed by atoms with Gasteiger partial charge in [-0.05, 0) is 37.1 Å². The number of nitrogens with zero attached hydrogens (tertiary/aromatic N) is 3. The number of para-hydroxylation sites is 3. The second kappa shape index (κ2) is 11.4. The maximum atomic E-state index is 10.4. The zero-order chi connectivity index (χ0) is 21.6. The fraction of sp³-hybridized carbons (Fsp3) is 0.458. The Bertz CT molecular complexity index is 861. The Morgan fingerprint density at radius 2 is 1.62 bits per heavy atom. The van der Waals surface area contributed by atoms with E-state index >= 15 is 0 Å². The Kier molecular flexibility index (Phi) is 8.61. The molecule has 1 unspecified atom stereocenters. The highest BCUT2D eigenvalue weighted by Crippen LogP contribution is 2.27. The van der Waals surface area contributed by atoms with Crippen molar-refractivity contribution in [3.8, 4) is 11.5 Å². The van der Waals surface area contributed by atoms with E-state index in [1.54, 1.807) is 7.11 Å².